The second-order valence-corrected chi connectivity index (χ2v) is 19.9. The molecule has 7 aromatic carbocycles. The van der Waals surface area contributed by atoms with Crippen LogP contribution in [0.5, 0.6) is 0 Å². The number of pyridine rings is 1. The Balaban J connectivity index is 0.866. The highest BCUT2D eigenvalue weighted by atomic mass is 15.0. The molecule has 2 heterocycles. The zero-order valence-corrected chi connectivity index (χ0v) is 37.0. The smallest absolute Gasteiger partial charge is 0.164 e. The van der Waals surface area contributed by atoms with Gasteiger partial charge in [0.1, 0.15) is 0 Å². The third-order valence-corrected chi connectivity index (χ3v) is 16.0. The Bertz CT molecular complexity index is 3280. The van der Waals surface area contributed by atoms with Crippen molar-refractivity contribution in [2.75, 3.05) is 0 Å². The first kappa shape index (κ1) is 38.4. The highest BCUT2D eigenvalue weighted by Crippen LogP contribution is 2.68. The SMILES string of the molecule is CC1(C)c2ccccc2C2(c3ccc(-c4cccc(-c5cccc(-c6nc(-c7ccccc7)nc(-c7ccc(-c8cccc9cccnc89)cc7)n6)c5)c4)cc31)C1CC3CC(C1)CC2C3. The molecule has 0 radical (unpaired) electrons. The predicted octanol–water partition coefficient (Wildman–Crippen LogP) is 14.8. The minimum absolute atomic E-state index is 0.0912. The Morgan fingerprint density at radius 3 is 1.57 bits per heavy atom. The molecule has 4 heteroatoms. The molecule has 0 N–H and O–H groups in total. The average Bonchev–Trinajstić information content (AvgIpc) is 3.36. The van der Waals surface area contributed by atoms with Crippen molar-refractivity contribution in [1.82, 2.24) is 19.9 Å². The summed E-state index contributed by atoms with van der Waals surface area (Å²) in [6, 6.07) is 64.0. The van der Waals surface area contributed by atoms with E-state index in [9.17, 15) is 0 Å². The van der Waals surface area contributed by atoms with Gasteiger partial charge < -0.3 is 0 Å². The molecule has 0 atom stereocenters. The minimum atomic E-state index is -0.0912. The second-order valence-electron chi connectivity index (χ2n) is 19.9. The summed E-state index contributed by atoms with van der Waals surface area (Å²) in [4.78, 5) is 20.0. The van der Waals surface area contributed by atoms with E-state index in [1.165, 1.54) is 59.9 Å². The van der Waals surface area contributed by atoms with Gasteiger partial charge in [-0.15, -0.1) is 0 Å². The van der Waals surface area contributed by atoms with Crippen LogP contribution >= 0.6 is 0 Å². The molecule has 4 fully saturated rings. The third-order valence-electron chi connectivity index (χ3n) is 16.0. The molecular formula is C61H50N4. The van der Waals surface area contributed by atoms with Crippen molar-refractivity contribution in [1.29, 1.82) is 0 Å². The summed E-state index contributed by atoms with van der Waals surface area (Å²) in [6.45, 7) is 4.93. The first-order valence-electron chi connectivity index (χ1n) is 23.6. The van der Waals surface area contributed by atoms with Crippen LogP contribution in [0.4, 0.5) is 0 Å². The normalized spacial score (nSPS) is 22.2. The van der Waals surface area contributed by atoms with Crippen molar-refractivity contribution in [3.8, 4) is 67.5 Å². The molecule has 0 saturated heterocycles. The highest BCUT2D eigenvalue weighted by Gasteiger charge is 2.62. The Morgan fingerprint density at radius 2 is 0.877 bits per heavy atom. The maximum absolute atomic E-state index is 5.15. The van der Waals surface area contributed by atoms with Crippen LogP contribution in [0.1, 0.15) is 68.2 Å². The molecule has 4 nitrogen and oxygen atoms in total. The number of benzene rings is 7. The van der Waals surface area contributed by atoms with Gasteiger partial charge in [0, 0.05) is 44.7 Å². The summed E-state index contributed by atoms with van der Waals surface area (Å²) >= 11 is 0. The lowest BCUT2D eigenvalue weighted by molar-refractivity contribution is -0.0443. The first-order valence-corrected chi connectivity index (χ1v) is 23.6. The number of hydrogen-bond donors (Lipinski definition) is 0. The van der Waals surface area contributed by atoms with Gasteiger partial charge in [0.15, 0.2) is 17.5 Å². The van der Waals surface area contributed by atoms with E-state index in [0.29, 0.717) is 17.5 Å². The first-order chi connectivity index (χ1) is 31.9. The molecule has 4 bridgehead atoms. The molecule has 2 aromatic heterocycles. The van der Waals surface area contributed by atoms with Crippen molar-refractivity contribution in [2.24, 2.45) is 23.7 Å². The topological polar surface area (TPSA) is 51.6 Å². The molecule has 5 aliphatic rings. The lowest BCUT2D eigenvalue weighted by Crippen LogP contribution is -2.58. The van der Waals surface area contributed by atoms with Gasteiger partial charge in [-0.1, -0.05) is 166 Å². The molecule has 4 saturated carbocycles. The highest BCUT2D eigenvalue weighted by molar-refractivity contribution is 5.93. The predicted molar refractivity (Wildman–Crippen MR) is 264 cm³/mol. The Kier molecular flexibility index (Phi) is 8.72. The van der Waals surface area contributed by atoms with Crippen molar-refractivity contribution in [2.45, 2.75) is 56.8 Å². The molecule has 5 aliphatic carbocycles. The second kappa shape index (κ2) is 14.8. The third kappa shape index (κ3) is 6.10. The van der Waals surface area contributed by atoms with Gasteiger partial charge in [0.2, 0.25) is 0 Å². The molecule has 314 valence electrons. The van der Waals surface area contributed by atoms with E-state index in [4.69, 9.17) is 19.9 Å². The largest absolute Gasteiger partial charge is 0.256 e. The quantitative estimate of drug-likeness (QED) is 0.167. The van der Waals surface area contributed by atoms with Gasteiger partial charge in [-0.05, 0) is 130 Å². The van der Waals surface area contributed by atoms with Gasteiger partial charge in [-0.3, -0.25) is 4.98 Å². The summed E-state index contributed by atoms with van der Waals surface area (Å²) in [7, 11) is 0. The van der Waals surface area contributed by atoms with Crippen molar-refractivity contribution in [3.05, 3.63) is 204 Å². The van der Waals surface area contributed by atoms with Crippen LogP contribution in [-0.4, -0.2) is 19.9 Å². The van der Waals surface area contributed by atoms with Crippen molar-refractivity contribution < 1.29 is 0 Å². The lowest BCUT2D eigenvalue weighted by atomic mass is 9.39. The number of rotatable bonds is 6. The van der Waals surface area contributed by atoms with Crippen LogP contribution in [-0.2, 0) is 10.8 Å². The minimum Gasteiger partial charge on any atom is -0.256 e. The molecule has 0 aliphatic heterocycles. The van der Waals surface area contributed by atoms with Crippen molar-refractivity contribution >= 4 is 10.9 Å². The van der Waals surface area contributed by atoms with Crippen molar-refractivity contribution in [3.63, 3.8) is 0 Å². The maximum Gasteiger partial charge on any atom is 0.164 e. The molecule has 0 amide bonds. The van der Waals surface area contributed by atoms with Gasteiger partial charge >= 0.3 is 0 Å². The fourth-order valence-electron chi connectivity index (χ4n) is 13.3. The summed E-state index contributed by atoms with van der Waals surface area (Å²) in [5.41, 5.74) is 17.2. The Hall–Kier alpha value is -7.04. The summed E-state index contributed by atoms with van der Waals surface area (Å²) in [6.07, 6.45) is 8.88. The number of aromatic nitrogens is 4. The van der Waals surface area contributed by atoms with Gasteiger partial charge in [-0.2, -0.15) is 0 Å². The van der Waals surface area contributed by atoms with Crippen LogP contribution in [0.2, 0.25) is 0 Å². The standard InChI is InChI=1S/C61H50N4/c1-60(2)52-21-6-7-22-53(52)61(49-31-38-30-39(33-49)34-50(61)32-38)54-28-27-47(37-55(54)60)45-16-8-15-44(35-45)46-17-9-18-48(36-46)59-64-57(42-12-4-3-5-13-42)63-58(65-59)43-25-23-40(24-26-43)51-20-10-14-41-19-11-29-62-56(41)51/h3-29,35-39,49-50H,30-34H2,1-2H3. The van der Waals surface area contributed by atoms with Crippen LogP contribution in [0.25, 0.3) is 78.4 Å². The number of hydrogen-bond acceptors (Lipinski definition) is 4. The molecular weight excluding hydrogens is 789 g/mol. The van der Waals surface area contributed by atoms with Crippen LogP contribution in [0.3, 0.4) is 0 Å². The molecule has 0 unspecified atom stereocenters. The van der Waals surface area contributed by atoms with E-state index >= 15 is 0 Å². The number of nitrogens with zero attached hydrogens (tertiary/aromatic N) is 4. The van der Waals surface area contributed by atoms with Gasteiger partial charge in [0.25, 0.3) is 0 Å². The molecule has 1 spiro atoms. The summed E-state index contributed by atoms with van der Waals surface area (Å²) in [5, 5.41) is 1.12. The van der Waals surface area contributed by atoms with Crippen LogP contribution < -0.4 is 0 Å². The van der Waals surface area contributed by atoms with Gasteiger partial charge in [0.05, 0.1) is 5.52 Å². The van der Waals surface area contributed by atoms with E-state index in [2.05, 4.69) is 166 Å². The fraction of sp³-hybridized carbons (Fsp3) is 0.213. The lowest BCUT2D eigenvalue weighted by Gasteiger charge is -2.64. The molecule has 9 aromatic rings. The number of para-hydroxylation sites is 1. The van der Waals surface area contributed by atoms with E-state index in [1.807, 2.05) is 30.5 Å². The van der Waals surface area contributed by atoms with E-state index < -0.39 is 0 Å². The Morgan fingerprint density at radius 1 is 0.385 bits per heavy atom. The zero-order chi connectivity index (χ0) is 43.3. The zero-order valence-electron chi connectivity index (χ0n) is 37.0. The maximum atomic E-state index is 5.15. The molecule has 14 rings (SSSR count). The Labute approximate surface area is 381 Å². The van der Waals surface area contributed by atoms with E-state index in [1.54, 1.807) is 11.1 Å². The fourth-order valence-corrected chi connectivity index (χ4v) is 13.3. The summed E-state index contributed by atoms with van der Waals surface area (Å²) < 4.78 is 0. The van der Waals surface area contributed by atoms with E-state index in [-0.39, 0.29) is 10.8 Å². The van der Waals surface area contributed by atoms with Crippen LogP contribution in [0.15, 0.2) is 182 Å². The number of fused-ring (bicyclic) bond motifs is 3. The van der Waals surface area contributed by atoms with Gasteiger partial charge in [-0.25, -0.2) is 15.0 Å². The monoisotopic (exact) mass is 838 g/mol. The molecule has 65 heavy (non-hydrogen) atoms. The summed E-state index contributed by atoms with van der Waals surface area (Å²) in [5.74, 6) is 5.24. The van der Waals surface area contributed by atoms with E-state index in [0.717, 1.165) is 68.0 Å². The average molecular weight is 839 g/mol. The van der Waals surface area contributed by atoms with Crippen LogP contribution in [0, 0.1) is 23.7 Å².